The van der Waals surface area contributed by atoms with Crippen LogP contribution in [0.15, 0.2) is 72.8 Å². The summed E-state index contributed by atoms with van der Waals surface area (Å²) in [6.07, 6.45) is 0. The molecule has 0 aliphatic rings. The average Bonchev–Trinajstić information content (AvgIpc) is 2.57. The monoisotopic (exact) mass is 341 g/mol. The summed E-state index contributed by atoms with van der Waals surface area (Å²) in [6, 6.07) is 19.9. The van der Waals surface area contributed by atoms with Crippen LogP contribution in [0.1, 0.15) is 10.4 Å². The maximum Gasteiger partial charge on any atom is 0.257 e. The van der Waals surface area contributed by atoms with Gasteiger partial charge < -0.3 is 10.1 Å². The van der Waals surface area contributed by atoms with Crippen molar-refractivity contribution >= 4 is 23.2 Å². The predicted molar refractivity (Wildman–Crippen MR) is 92.3 cm³/mol. The first-order valence-corrected chi connectivity index (χ1v) is 7.59. The van der Waals surface area contributed by atoms with Gasteiger partial charge in [-0.15, -0.1) is 0 Å². The summed E-state index contributed by atoms with van der Waals surface area (Å²) >= 11 is 5.93. The highest BCUT2D eigenvalue weighted by atomic mass is 35.5. The molecule has 0 heterocycles. The lowest BCUT2D eigenvalue weighted by Crippen LogP contribution is -2.13. The van der Waals surface area contributed by atoms with Crippen molar-refractivity contribution in [1.82, 2.24) is 0 Å². The number of para-hydroxylation sites is 3. The number of hydrogen-bond donors (Lipinski definition) is 1. The summed E-state index contributed by atoms with van der Waals surface area (Å²) in [5.41, 5.74) is 0.680. The third-order valence-electron chi connectivity index (χ3n) is 3.28. The van der Waals surface area contributed by atoms with E-state index in [-0.39, 0.29) is 10.6 Å². The fraction of sp³-hybridized carbons (Fsp3) is 0. The van der Waals surface area contributed by atoms with Gasteiger partial charge in [0.2, 0.25) is 0 Å². The molecule has 0 saturated heterocycles. The topological polar surface area (TPSA) is 38.3 Å². The largest absolute Gasteiger partial charge is 0.455 e. The average molecular weight is 342 g/mol. The molecule has 0 fully saturated rings. The number of anilines is 1. The van der Waals surface area contributed by atoms with Gasteiger partial charge in [0.1, 0.15) is 11.6 Å². The summed E-state index contributed by atoms with van der Waals surface area (Å²) in [4.78, 5) is 12.4. The summed E-state index contributed by atoms with van der Waals surface area (Å²) < 4.78 is 18.9. The highest BCUT2D eigenvalue weighted by Crippen LogP contribution is 2.30. The maximum atomic E-state index is 13.1. The molecule has 0 unspecified atom stereocenters. The lowest BCUT2D eigenvalue weighted by molar-refractivity contribution is 0.102. The molecule has 0 aliphatic carbocycles. The standard InChI is InChI=1S/C19H13ClFNO2/c20-16-12-13(21)10-11-15(16)19(23)22-17-8-4-5-9-18(17)24-14-6-2-1-3-7-14/h1-12H,(H,22,23). The zero-order chi connectivity index (χ0) is 16.9. The fourth-order valence-corrected chi connectivity index (χ4v) is 2.39. The Bertz CT molecular complexity index is 868. The van der Waals surface area contributed by atoms with Crippen molar-refractivity contribution in [2.24, 2.45) is 0 Å². The quantitative estimate of drug-likeness (QED) is 0.678. The van der Waals surface area contributed by atoms with E-state index >= 15 is 0 Å². The minimum atomic E-state index is -0.496. The van der Waals surface area contributed by atoms with Crippen LogP contribution < -0.4 is 10.1 Å². The van der Waals surface area contributed by atoms with E-state index in [4.69, 9.17) is 16.3 Å². The number of rotatable bonds is 4. The lowest BCUT2D eigenvalue weighted by Gasteiger charge is -2.12. The zero-order valence-corrected chi connectivity index (χ0v) is 13.3. The zero-order valence-electron chi connectivity index (χ0n) is 12.5. The number of ether oxygens (including phenoxy) is 1. The fourth-order valence-electron chi connectivity index (χ4n) is 2.14. The number of amides is 1. The molecule has 0 atom stereocenters. The molecule has 0 bridgehead atoms. The molecule has 0 radical (unpaired) electrons. The van der Waals surface area contributed by atoms with Crippen molar-refractivity contribution in [2.45, 2.75) is 0 Å². The second kappa shape index (κ2) is 7.15. The molecule has 0 saturated carbocycles. The number of carbonyl (C=O) groups is 1. The summed E-state index contributed by atoms with van der Waals surface area (Å²) in [5.74, 6) is 0.211. The SMILES string of the molecule is O=C(Nc1ccccc1Oc1ccccc1)c1ccc(F)cc1Cl. The van der Waals surface area contributed by atoms with Crippen LogP contribution in [0.25, 0.3) is 0 Å². The van der Waals surface area contributed by atoms with Gasteiger partial charge >= 0.3 is 0 Å². The molecule has 3 nitrogen and oxygen atoms in total. The molecular formula is C19H13ClFNO2. The van der Waals surface area contributed by atoms with Crippen LogP contribution >= 0.6 is 11.6 Å². The first-order chi connectivity index (χ1) is 11.6. The van der Waals surface area contributed by atoms with Crippen LogP contribution in [0, 0.1) is 5.82 Å². The van der Waals surface area contributed by atoms with Crippen LogP contribution in [0.5, 0.6) is 11.5 Å². The van der Waals surface area contributed by atoms with E-state index in [0.717, 1.165) is 6.07 Å². The third-order valence-corrected chi connectivity index (χ3v) is 3.59. The van der Waals surface area contributed by atoms with Crippen molar-refractivity contribution in [3.8, 4) is 11.5 Å². The van der Waals surface area contributed by atoms with Gasteiger partial charge in [-0.25, -0.2) is 4.39 Å². The van der Waals surface area contributed by atoms with Crippen molar-refractivity contribution in [1.29, 1.82) is 0 Å². The smallest absolute Gasteiger partial charge is 0.257 e. The molecular weight excluding hydrogens is 329 g/mol. The Morgan fingerprint density at radius 1 is 0.958 bits per heavy atom. The molecule has 0 spiro atoms. The predicted octanol–water partition coefficient (Wildman–Crippen LogP) is 5.52. The Morgan fingerprint density at radius 2 is 1.67 bits per heavy atom. The second-order valence-corrected chi connectivity index (χ2v) is 5.40. The Labute approximate surface area is 143 Å². The molecule has 1 amide bonds. The van der Waals surface area contributed by atoms with E-state index < -0.39 is 11.7 Å². The first kappa shape index (κ1) is 16.0. The van der Waals surface area contributed by atoms with Gasteiger partial charge in [0.15, 0.2) is 5.75 Å². The molecule has 1 N–H and O–H groups in total. The molecule has 3 aromatic carbocycles. The normalized spacial score (nSPS) is 10.2. The van der Waals surface area contributed by atoms with Gasteiger partial charge in [-0.3, -0.25) is 4.79 Å². The molecule has 5 heteroatoms. The summed E-state index contributed by atoms with van der Waals surface area (Å²) in [6.45, 7) is 0. The Kier molecular flexibility index (Phi) is 4.77. The van der Waals surface area contributed by atoms with Gasteiger partial charge in [-0.05, 0) is 42.5 Å². The lowest BCUT2D eigenvalue weighted by atomic mass is 10.2. The third kappa shape index (κ3) is 3.73. The van der Waals surface area contributed by atoms with Crippen LogP contribution in [0.4, 0.5) is 10.1 Å². The number of hydrogen-bond acceptors (Lipinski definition) is 2. The Balaban J connectivity index is 1.84. The Morgan fingerprint density at radius 3 is 2.42 bits per heavy atom. The highest BCUT2D eigenvalue weighted by Gasteiger charge is 2.14. The van der Waals surface area contributed by atoms with E-state index in [9.17, 15) is 9.18 Å². The molecule has 24 heavy (non-hydrogen) atoms. The van der Waals surface area contributed by atoms with E-state index in [2.05, 4.69) is 5.32 Å². The number of carbonyl (C=O) groups excluding carboxylic acids is 1. The van der Waals surface area contributed by atoms with Crippen molar-refractivity contribution in [2.75, 3.05) is 5.32 Å². The highest BCUT2D eigenvalue weighted by molar-refractivity contribution is 6.34. The number of nitrogens with one attached hydrogen (secondary N) is 1. The van der Waals surface area contributed by atoms with Crippen molar-refractivity contribution in [3.05, 3.63) is 89.2 Å². The van der Waals surface area contributed by atoms with Crippen LogP contribution in [0.2, 0.25) is 5.02 Å². The van der Waals surface area contributed by atoms with Crippen molar-refractivity contribution in [3.63, 3.8) is 0 Å². The molecule has 0 aromatic heterocycles. The number of halogens is 2. The molecule has 120 valence electrons. The Hall–Kier alpha value is -2.85. The molecule has 3 rings (SSSR count). The second-order valence-electron chi connectivity index (χ2n) is 4.99. The number of benzene rings is 3. The van der Waals surface area contributed by atoms with E-state index in [0.29, 0.717) is 17.2 Å². The van der Waals surface area contributed by atoms with Crippen LogP contribution in [-0.4, -0.2) is 5.91 Å². The van der Waals surface area contributed by atoms with E-state index in [1.54, 1.807) is 24.3 Å². The minimum Gasteiger partial charge on any atom is -0.455 e. The first-order valence-electron chi connectivity index (χ1n) is 7.22. The van der Waals surface area contributed by atoms with Crippen LogP contribution in [-0.2, 0) is 0 Å². The molecule has 3 aromatic rings. The molecule has 0 aliphatic heterocycles. The van der Waals surface area contributed by atoms with Gasteiger partial charge in [-0.2, -0.15) is 0 Å². The van der Waals surface area contributed by atoms with Gasteiger partial charge in [0.05, 0.1) is 16.3 Å². The van der Waals surface area contributed by atoms with Gasteiger partial charge in [-0.1, -0.05) is 41.9 Å². The van der Waals surface area contributed by atoms with Crippen LogP contribution in [0.3, 0.4) is 0 Å². The van der Waals surface area contributed by atoms with E-state index in [1.165, 1.54) is 12.1 Å². The van der Waals surface area contributed by atoms with Crippen molar-refractivity contribution < 1.29 is 13.9 Å². The van der Waals surface area contributed by atoms with Gasteiger partial charge in [0, 0.05) is 0 Å². The summed E-state index contributed by atoms with van der Waals surface area (Å²) in [5, 5.41) is 2.79. The summed E-state index contributed by atoms with van der Waals surface area (Å²) in [7, 11) is 0. The van der Waals surface area contributed by atoms with Gasteiger partial charge in [0.25, 0.3) is 5.91 Å². The minimum absolute atomic E-state index is 0.0500. The maximum absolute atomic E-state index is 13.1. The van der Waals surface area contributed by atoms with E-state index in [1.807, 2.05) is 30.3 Å².